The molecule has 2 heteroatoms. The van der Waals surface area contributed by atoms with Gasteiger partial charge >= 0.3 is 0 Å². The highest BCUT2D eigenvalue weighted by atomic mass is 16.3. The van der Waals surface area contributed by atoms with E-state index < -0.39 is 0 Å². The first-order valence-corrected chi connectivity index (χ1v) is 5.10. The van der Waals surface area contributed by atoms with Gasteiger partial charge in [-0.15, -0.1) is 6.42 Å². The van der Waals surface area contributed by atoms with Crippen molar-refractivity contribution >= 4 is 0 Å². The molecule has 15 heavy (non-hydrogen) atoms. The van der Waals surface area contributed by atoms with Crippen molar-refractivity contribution in [2.24, 2.45) is 0 Å². The van der Waals surface area contributed by atoms with Crippen LogP contribution in [0.2, 0.25) is 0 Å². The van der Waals surface area contributed by atoms with E-state index in [9.17, 15) is 0 Å². The van der Waals surface area contributed by atoms with Gasteiger partial charge in [-0.1, -0.05) is 36.3 Å². The van der Waals surface area contributed by atoms with Crippen LogP contribution in [0.1, 0.15) is 12.5 Å². The summed E-state index contributed by atoms with van der Waals surface area (Å²) in [5, 5.41) is 9.10. The van der Waals surface area contributed by atoms with Crippen LogP contribution in [-0.2, 0) is 6.54 Å². The number of terminal acetylenes is 1. The van der Waals surface area contributed by atoms with Crippen molar-refractivity contribution < 1.29 is 5.11 Å². The molecule has 2 nitrogen and oxygen atoms in total. The number of aliphatic hydroxyl groups excluding tert-OH is 1. The van der Waals surface area contributed by atoms with E-state index in [4.69, 9.17) is 11.5 Å². The standard InChI is InChI=1S/C13H17NO/c1-3-9-14(12(2)11-15)10-13-7-5-4-6-8-13/h1,4-8,12,15H,9-11H2,2H3. The second-order valence-electron chi connectivity index (χ2n) is 3.63. The number of aliphatic hydroxyl groups is 1. The topological polar surface area (TPSA) is 23.5 Å². The van der Waals surface area contributed by atoms with E-state index in [1.165, 1.54) is 5.56 Å². The van der Waals surface area contributed by atoms with Gasteiger partial charge in [0.15, 0.2) is 0 Å². The molecule has 1 atom stereocenters. The van der Waals surface area contributed by atoms with Crippen LogP contribution in [0, 0.1) is 12.3 Å². The van der Waals surface area contributed by atoms with Gasteiger partial charge in [-0.25, -0.2) is 0 Å². The number of hydrogen-bond donors (Lipinski definition) is 1. The summed E-state index contributed by atoms with van der Waals surface area (Å²) in [4.78, 5) is 2.08. The molecule has 0 aliphatic heterocycles. The summed E-state index contributed by atoms with van der Waals surface area (Å²) in [5.41, 5.74) is 1.22. The maximum absolute atomic E-state index is 9.10. The molecule has 1 aromatic carbocycles. The Labute approximate surface area is 91.5 Å². The molecule has 0 fully saturated rings. The van der Waals surface area contributed by atoms with Crippen molar-refractivity contribution in [2.45, 2.75) is 19.5 Å². The number of hydrogen-bond acceptors (Lipinski definition) is 2. The van der Waals surface area contributed by atoms with Crippen LogP contribution in [0.4, 0.5) is 0 Å². The summed E-state index contributed by atoms with van der Waals surface area (Å²) in [7, 11) is 0. The second-order valence-corrected chi connectivity index (χ2v) is 3.63. The van der Waals surface area contributed by atoms with E-state index in [2.05, 4.69) is 23.0 Å². The maximum Gasteiger partial charge on any atom is 0.0605 e. The average Bonchev–Trinajstić information content (AvgIpc) is 2.29. The Hall–Kier alpha value is -1.30. The Morgan fingerprint density at radius 3 is 2.60 bits per heavy atom. The molecule has 1 aromatic rings. The third kappa shape index (κ3) is 3.75. The van der Waals surface area contributed by atoms with Crippen LogP contribution in [0.3, 0.4) is 0 Å². The molecule has 0 saturated heterocycles. The van der Waals surface area contributed by atoms with E-state index in [0.29, 0.717) is 6.54 Å². The maximum atomic E-state index is 9.10. The average molecular weight is 203 g/mol. The van der Waals surface area contributed by atoms with Gasteiger partial charge in [0.1, 0.15) is 0 Å². The van der Waals surface area contributed by atoms with Gasteiger partial charge in [0.05, 0.1) is 13.2 Å². The minimum absolute atomic E-state index is 0.0984. The van der Waals surface area contributed by atoms with Gasteiger partial charge in [-0.05, 0) is 12.5 Å². The molecular formula is C13H17NO. The first-order valence-electron chi connectivity index (χ1n) is 5.10. The summed E-state index contributed by atoms with van der Waals surface area (Å²) in [6, 6.07) is 10.2. The molecular weight excluding hydrogens is 186 g/mol. The lowest BCUT2D eigenvalue weighted by Gasteiger charge is -2.25. The smallest absolute Gasteiger partial charge is 0.0605 e. The van der Waals surface area contributed by atoms with Crippen molar-refractivity contribution in [3.8, 4) is 12.3 Å². The van der Waals surface area contributed by atoms with E-state index in [1.807, 2.05) is 25.1 Å². The molecule has 0 aromatic heterocycles. The van der Waals surface area contributed by atoms with Gasteiger partial charge < -0.3 is 5.11 Å². The molecule has 1 N–H and O–H groups in total. The minimum Gasteiger partial charge on any atom is -0.395 e. The summed E-state index contributed by atoms with van der Waals surface area (Å²) < 4.78 is 0. The predicted octanol–water partition coefficient (Wildman–Crippen LogP) is 1.50. The third-order valence-corrected chi connectivity index (χ3v) is 2.41. The molecule has 1 unspecified atom stereocenters. The molecule has 0 aliphatic carbocycles. The fourth-order valence-electron chi connectivity index (χ4n) is 1.42. The van der Waals surface area contributed by atoms with Crippen LogP contribution < -0.4 is 0 Å². The fourth-order valence-corrected chi connectivity index (χ4v) is 1.42. The lowest BCUT2D eigenvalue weighted by atomic mass is 10.2. The highest BCUT2D eigenvalue weighted by Crippen LogP contribution is 2.07. The van der Waals surface area contributed by atoms with Crippen LogP contribution in [-0.4, -0.2) is 29.2 Å². The quantitative estimate of drug-likeness (QED) is 0.733. The van der Waals surface area contributed by atoms with Gasteiger partial charge in [0, 0.05) is 12.6 Å². The van der Waals surface area contributed by atoms with E-state index in [-0.39, 0.29) is 12.6 Å². The molecule has 0 aliphatic rings. The zero-order valence-electron chi connectivity index (χ0n) is 9.06. The van der Waals surface area contributed by atoms with Gasteiger partial charge in [-0.3, -0.25) is 4.90 Å². The predicted molar refractivity (Wildman–Crippen MR) is 62.2 cm³/mol. The summed E-state index contributed by atoms with van der Waals surface area (Å²) in [6.45, 7) is 3.46. The minimum atomic E-state index is 0.0984. The molecule has 0 bridgehead atoms. The van der Waals surface area contributed by atoms with Gasteiger partial charge in [-0.2, -0.15) is 0 Å². The van der Waals surface area contributed by atoms with Gasteiger partial charge in [0.25, 0.3) is 0 Å². The Morgan fingerprint density at radius 2 is 2.07 bits per heavy atom. The normalized spacial score (nSPS) is 12.4. The molecule has 1 rings (SSSR count). The Bertz CT molecular complexity index is 315. The zero-order valence-corrected chi connectivity index (χ0v) is 9.06. The monoisotopic (exact) mass is 203 g/mol. The third-order valence-electron chi connectivity index (χ3n) is 2.41. The molecule has 0 amide bonds. The van der Waals surface area contributed by atoms with Crippen molar-refractivity contribution in [1.82, 2.24) is 4.90 Å². The molecule has 0 saturated carbocycles. The molecule has 80 valence electrons. The largest absolute Gasteiger partial charge is 0.395 e. The first-order chi connectivity index (χ1) is 7.27. The van der Waals surface area contributed by atoms with E-state index >= 15 is 0 Å². The molecule has 0 radical (unpaired) electrons. The van der Waals surface area contributed by atoms with Crippen molar-refractivity contribution in [2.75, 3.05) is 13.2 Å². The van der Waals surface area contributed by atoms with Crippen LogP contribution >= 0.6 is 0 Å². The lowest BCUT2D eigenvalue weighted by Crippen LogP contribution is -2.35. The molecule has 0 heterocycles. The van der Waals surface area contributed by atoms with Crippen molar-refractivity contribution in [3.63, 3.8) is 0 Å². The SMILES string of the molecule is C#CCN(Cc1ccccc1)C(C)CO. The number of benzene rings is 1. The van der Waals surface area contributed by atoms with E-state index in [0.717, 1.165) is 6.54 Å². The Morgan fingerprint density at radius 1 is 1.40 bits per heavy atom. The van der Waals surface area contributed by atoms with E-state index in [1.54, 1.807) is 0 Å². The van der Waals surface area contributed by atoms with Crippen LogP contribution in [0.25, 0.3) is 0 Å². The van der Waals surface area contributed by atoms with Gasteiger partial charge in [0.2, 0.25) is 0 Å². The Balaban J connectivity index is 2.63. The first kappa shape index (κ1) is 11.8. The van der Waals surface area contributed by atoms with Crippen molar-refractivity contribution in [1.29, 1.82) is 0 Å². The lowest BCUT2D eigenvalue weighted by molar-refractivity contribution is 0.142. The summed E-state index contributed by atoms with van der Waals surface area (Å²) in [6.07, 6.45) is 5.30. The number of rotatable bonds is 5. The zero-order chi connectivity index (χ0) is 11.1. The Kier molecular flexibility index (Phi) is 4.89. The molecule has 0 spiro atoms. The summed E-state index contributed by atoms with van der Waals surface area (Å²) in [5.74, 6) is 2.62. The highest BCUT2D eigenvalue weighted by Gasteiger charge is 2.11. The van der Waals surface area contributed by atoms with Crippen molar-refractivity contribution in [3.05, 3.63) is 35.9 Å². The fraction of sp³-hybridized carbons (Fsp3) is 0.385. The second kappa shape index (κ2) is 6.23. The number of nitrogens with zero attached hydrogens (tertiary/aromatic N) is 1. The van der Waals surface area contributed by atoms with Crippen LogP contribution in [0.15, 0.2) is 30.3 Å². The summed E-state index contributed by atoms with van der Waals surface area (Å²) >= 11 is 0. The highest BCUT2D eigenvalue weighted by molar-refractivity contribution is 5.14. The van der Waals surface area contributed by atoms with Crippen LogP contribution in [0.5, 0.6) is 0 Å².